The van der Waals surface area contributed by atoms with E-state index in [1.165, 1.54) is 0 Å². The zero-order valence-corrected chi connectivity index (χ0v) is 4.55. The van der Waals surface area contributed by atoms with Crippen LogP contribution in [0.15, 0.2) is 0 Å². The van der Waals surface area contributed by atoms with E-state index in [0.717, 1.165) is 12.8 Å². The van der Waals surface area contributed by atoms with Gasteiger partial charge in [0.25, 0.3) is 0 Å². The molecule has 1 radical (unpaired) electrons. The number of unbranched alkanes of at least 4 members (excludes halogenated alkanes) is 1. The molecule has 0 aliphatic carbocycles. The lowest BCUT2D eigenvalue weighted by Gasteiger charge is -1.92. The summed E-state index contributed by atoms with van der Waals surface area (Å²) in [6.45, 7) is 3.47. The SMILES string of the molecule is CCC[CH]OCO. The van der Waals surface area contributed by atoms with Crippen molar-refractivity contribution in [2.75, 3.05) is 6.79 Å². The van der Waals surface area contributed by atoms with E-state index in [2.05, 4.69) is 11.7 Å². The predicted molar refractivity (Wildman–Crippen MR) is 27.4 cm³/mol. The highest BCUT2D eigenvalue weighted by molar-refractivity contribution is 4.44. The Balaban J connectivity index is 2.45. The van der Waals surface area contributed by atoms with Crippen molar-refractivity contribution in [3.8, 4) is 0 Å². The Morgan fingerprint density at radius 2 is 2.43 bits per heavy atom. The summed E-state index contributed by atoms with van der Waals surface area (Å²) >= 11 is 0. The number of hydrogen-bond acceptors (Lipinski definition) is 2. The molecule has 0 fully saturated rings. The van der Waals surface area contributed by atoms with Crippen LogP contribution in [0.1, 0.15) is 19.8 Å². The number of aliphatic hydroxyl groups is 1. The summed E-state index contributed by atoms with van der Waals surface area (Å²) in [6.07, 6.45) is 1.99. The van der Waals surface area contributed by atoms with Gasteiger partial charge < -0.3 is 9.84 Å². The molecule has 0 amide bonds. The Hall–Kier alpha value is -0.0800. The molecule has 0 atom stereocenters. The second kappa shape index (κ2) is 5.92. The molecule has 1 N–H and O–H groups in total. The molecule has 7 heavy (non-hydrogen) atoms. The van der Waals surface area contributed by atoms with E-state index < -0.39 is 0 Å². The van der Waals surface area contributed by atoms with Gasteiger partial charge in [-0.3, -0.25) is 0 Å². The van der Waals surface area contributed by atoms with Gasteiger partial charge in [0.2, 0.25) is 0 Å². The van der Waals surface area contributed by atoms with Crippen molar-refractivity contribution < 1.29 is 9.84 Å². The van der Waals surface area contributed by atoms with Crippen LogP contribution in [0, 0.1) is 6.61 Å². The molecule has 0 aliphatic heterocycles. The average Bonchev–Trinajstić information content (AvgIpc) is 1.69. The van der Waals surface area contributed by atoms with Gasteiger partial charge >= 0.3 is 0 Å². The highest BCUT2D eigenvalue weighted by Crippen LogP contribution is 1.91. The third-order valence-corrected chi connectivity index (χ3v) is 0.599. The van der Waals surface area contributed by atoms with Gasteiger partial charge in [-0.15, -0.1) is 0 Å². The van der Waals surface area contributed by atoms with Gasteiger partial charge in [0, 0.05) is 0 Å². The first-order chi connectivity index (χ1) is 3.41. The maximum Gasteiger partial charge on any atom is 0.144 e. The topological polar surface area (TPSA) is 29.5 Å². The Morgan fingerprint density at radius 3 is 2.86 bits per heavy atom. The monoisotopic (exact) mass is 103 g/mol. The lowest BCUT2D eigenvalue weighted by atomic mass is 10.4. The molecule has 0 rings (SSSR count). The summed E-state index contributed by atoms with van der Waals surface area (Å²) in [5, 5.41) is 8.04. The number of rotatable bonds is 4. The summed E-state index contributed by atoms with van der Waals surface area (Å²) in [7, 11) is 0. The molecular formula is C5H11O2. The molecule has 0 saturated heterocycles. The molecule has 43 valence electrons. The molecule has 0 bridgehead atoms. The average molecular weight is 103 g/mol. The maximum atomic E-state index is 8.04. The minimum atomic E-state index is -0.194. The van der Waals surface area contributed by atoms with Crippen LogP contribution in [-0.2, 0) is 4.74 Å². The largest absolute Gasteiger partial charge is 0.371 e. The molecular weight excluding hydrogens is 92.1 g/mol. The second-order valence-corrected chi connectivity index (χ2v) is 1.25. The van der Waals surface area contributed by atoms with Gasteiger partial charge in [-0.25, -0.2) is 0 Å². The summed E-state index contributed by atoms with van der Waals surface area (Å²) in [6, 6.07) is 0. The van der Waals surface area contributed by atoms with Crippen molar-refractivity contribution in [3.63, 3.8) is 0 Å². The Bertz CT molecular complexity index is 25.3. The summed E-state index contributed by atoms with van der Waals surface area (Å²) < 4.78 is 4.50. The van der Waals surface area contributed by atoms with E-state index in [1.54, 1.807) is 6.61 Å². The first-order valence-corrected chi connectivity index (χ1v) is 2.46. The van der Waals surface area contributed by atoms with Crippen LogP contribution in [0.5, 0.6) is 0 Å². The van der Waals surface area contributed by atoms with Crippen LogP contribution in [-0.4, -0.2) is 11.9 Å². The van der Waals surface area contributed by atoms with E-state index in [9.17, 15) is 0 Å². The molecule has 0 aromatic rings. The lowest BCUT2D eigenvalue weighted by Crippen LogP contribution is -1.87. The molecule has 0 aliphatic rings. The number of aliphatic hydroxyl groups excluding tert-OH is 1. The van der Waals surface area contributed by atoms with Gasteiger partial charge in [-0.05, 0) is 6.42 Å². The van der Waals surface area contributed by atoms with Gasteiger partial charge in [0.1, 0.15) is 6.79 Å². The van der Waals surface area contributed by atoms with Crippen LogP contribution in [0.3, 0.4) is 0 Å². The number of ether oxygens (including phenoxy) is 1. The zero-order valence-electron chi connectivity index (χ0n) is 4.55. The zero-order chi connectivity index (χ0) is 5.54. The van der Waals surface area contributed by atoms with Gasteiger partial charge in [0.05, 0.1) is 6.61 Å². The highest BCUT2D eigenvalue weighted by Gasteiger charge is 1.80. The Kier molecular flexibility index (Phi) is 5.85. The fourth-order valence-electron chi connectivity index (χ4n) is 0.254. The molecule has 0 aromatic carbocycles. The standard InChI is InChI=1S/C5H11O2/c1-2-3-4-7-5-6/h4,6H,2-3,5H2,1H3. The van der Waals surface area contributed by atoms with E-state index in [4.69, 9.17) is 5.11 Å². The first kappa shape index (κ1) is 6.92. The van der Waals surface area contributed by atoms with Crippen molar-refractivity contribution in [1.82, 2.24) is 0 Å². The predicted octanol–water partition coefficient (Wildman–Crippen LogP) is 0.915. The van der Waals surface area contributed by atoms with Crippen LogP contribution in [0.25, 0.3) is 0 Å². The normalized spacial score (nSPS) is 9.43. The third-order valence-electron chi connectivity index (χ3n) is 0.599. The molecule has 0 heterocycles. The Morgan fingerprint density at radius 1 is 1.71 bits per heavy atom. The number of hydrogen-bond donors (Lipinski definition) is 1. The molecule has 2 nitrogen and oxygen atoms in total. The quantitative estimate of drug-likeness (QED) is 0.423. The van der Waals surface area contributed by atoms with Crippen molar-refractivity contribution in [1.29, 1.82) is 0 Å². The van der Waals surface area contributed by atoms with Crippen molar-refractivity contribution in [3.05, 3.63) is 6.61 Å². The van der Waals surface area contributed by atoms with E-state index >= 15 is 0 Å². The minimum Gasteiger partial charge on any atom is -0.371 e. The maximum absolute atomic E-state index is 8.04. The van der Waals surface area contributed by atoms with Gasteiger partial charge in [-0.2, -0.15) is 0 Å². The van der Waals surface area contributed by atoms with E-state index in [0.29, 0.717) is 0 Å². The lowest BCUT2D eigenvalue weighted by molar-refractivity contribution is 0.0319. The van der Waals surface area contributed by atoms with Crippen LogP contribution >= 0.6 is 0 Å². The minimum absolute atomic E-state index is 0.194. The smallest absolute Gasteiger partial charge is 0.144 e. The van der Waals surface area contributed by atoms with Crippen LogP contribution in [0.2, 0.25) is 0 Å². The molecule has 0 unspecified atom stereocenters. The van der Waals surface area contributed by atoms with Crippen LogP contribution in [0.4, 0.5) is 0 Å². The van der Waals surface area contributed by atoms with Crippen molar-refractivity contribution >= 4 is 0 Å². The molecule has 0 spiro atoms. The van der Waals surface area contributed by atoms with Crippen molar-refractivity contribution in [2.45, 2.75) is 19.8 Å². The second-order valence-electron chi connectivity index (χ2n) is 1.25. The van der Waals surface area contributed by atoms with E-state index in [1.807, 2.05) is 0 Å². The summed E-state index contributed by atoms with van der Waals surface area (Å²) in [5.74, 6) is 0. The molecule has 0 aromatic heterocycles. The Labute approximate surface area is 44.1 Å². The van der Waals surface area contributed by atoms with E-state index in [-0.39, 0.29) is 6.79 Å². The van der Waals surface area contributed by atoms with Crippen molar-refractivity contribution in [2.24, 2.45) is 0 Å². The van der Waals surface area contributed by atoms with Gasteiger partial charge in [-0.1, -0.05) is 13.3 Å². The summed E-state index contributed by atoms with van der Waals surface area (Å²) in [5.41, 5.74) is 0. The fraction of sp³-hybridized carbons (Fsp3) is 0.800. The first-order valence-electron chi connectivity index (χ1n) is 2.46. The summed E-state index contributed by atoms with van der Waals surface area (Å²) in [4.78, 5) is 0. The molecule has 2 heteroatoms. The highest BCUT2D eigenvalue weighted by atomic mass is 16.6. The third kappa shape index (κ3) is 5.92. The fourth-order valence-corrected chi connectivity index (χ4v) is 0.254. The molecule has 0 saturated carbocycles. The van der Waals surface area contributed by atoms with Gasteiger partial charge in [0.15, 0.2) is 0 Å². The van der Waals surface area contributed by atoms with Crippen LogP contribution < -0.4 is 0 Å².